The number of likely N-dealkylation sites (tertiary alicyclic amines) is 2. The molecule has 2 aromatic carbocycles. The molecule has 6 N–H and O–H groups in total. The van der Waals surface area contributed by atoms with Crippen LogP contribution >= 0.6 is 22.7 Å². The predicted molar refractivity (Wildman–Crippen MR) is 301 cm³/mol. The normalized spacial score (nSPS) is 20.5. The van der Waals surface area contributed by atoms with Gasteiger partial charge in [0.1, 0.15) is 54.3 Å². The second-order valence-corrected chi connectivity index (χ2v) is 25.3. The summed E-state index contributed by atoms with van der Waals surface area (Å²) >= 11 is 2.96. The van der Waals surface area contributed by atoms with E-state index in [0.717, 1.165) is 32.3 Å². The number of carbonyl (C=O) groups is 6. The number of nitrogens with one attached hydrogen (secondary N) is 4. The highest BCUT2D eigenvalue weighted by atomic mass is 32.1. The summed E-state index contributed by atoms with van der Waals surface area (Å²) in [4.78, 5) is 99.4. The van der Waals surface area contributed by atoms with Gasteiger partial charge in [-0.05, 0) is 60.8 Å². The van der Waals surface area contributed by atoms with Crippen molar-refractivity contribution in [3.05, 3.63) is 81.4 Å². The highest BCUT2D eigenvalue weighted by Gasteiger charge is 2.60. The van der Waals surface area contributed by atoms with E-state index < -0.39 is 93.6 Å². The molecule has 2 aliphatic heterocycles. The fraction of sp³-hybridized carbons (Fsp3) is 0.552. The molecule has 0 bridgehead atoms. The summed E-state index contributed by atoms with van der Waals surface area (Å²) < 4.78 is 18.7. The molecule has 0 unspecified atom stereocenters. The summed E-state index contributed by atoms with van der Waals surface area (Å²) in [5.41, 5.74) is 4.33. The summed E-state index contributed by atoms with van der Waals surface area (Å²) in [6, 6.07) is 9.21. The zero-order chi connectivity index (χ0) is 58.6. The number of aromatic nitrogens is 2. The van der Waals surface area contributed by atoms with Crippen LogP contribution in [0.4, 0.5) is 0 Å². The van der Waals surface area contributed by atoms with E-state index in [1.165, 1.54) is 32.5 Å². The highest BCUT2D eigenvalue weighted by Crippen LogP contribution is 2.46. The Labute approximate surface area is 480 Å². The second-order valence-electron chi connectivity index (χ2n) is 23.6. The molecule has 8 rings (SSSR count). The molecule has 432 valence electrons. The number of hydrogen-bond acceptors (Lipinski definition) is 16. The fourth-order valence-electron chi connectivity index (χ4n) is 10.0. The van der Waals surface area contributed by atoms with Crippen molar-refractivity contribution in [1.29, 1.82) is 5.26 Å². The largest absolute Gasteiger partial charge is 0.491 e. The zero-order valence-electron chi connectivity index (χ0n) is 47.1. The minimum Gasteiger partial charge on any atom is -0.491 e. The highest BCUT2D eigenvalue weighted by molar-refractivity contribution is 7.13. The first-order chi connectivity index (χ1) is 38.4. The Hall–Kier alpha value is -7.02. The zero-order valence-corrected chi connectivity index (χ0v) is 48.7. The van der Waals surface area contributed by atoms with Crippen molar-refractivity contribution < 1.29 is 53.2 Å². The van der Waals surface area contributed by atoms with Crippen molar-refractivity contribution in [3.63, 3.8) is 0 Å². The molecule has 4 aromatic rings. The maximum atomic E-state index is 14.2. The van der Waals surface area contributed by atoms with Crippen LogP contribution in [0.25, 0.3) is 25.7 Å². The maximum absolute atomic E-state index is 14.2. The van der Waals surface area contributed by atoms with Crippen molar-refractivity contribution in [2.24, 2.45) is 16.2 Å². The molecular formula is C58H72N10O11S2. The van der Waals surface area contributed by atoms with E-state index >= 15 is 0 Å². The standard InChI is InChI=1S/C58H72N10O11S2/c1-33-45(80-31-63-33)35-10-12-37(26-61-49(71)41-24-39(69)28-67(41)51(73)47(55(3,4)5)65-53(75)57(30-59)14-15-57)43(22-35)78-20-18-77-19-21-79-44-23-36(46-34(2)64-32-81-46)11-13-38(44)27-62-50(72)42-25-40(70)29-68(42)52(74)48(56(6,7)8)66-54(76)58(60-9)16-17-58/h10-13,22-23,31-32,39-42,47-48,69-70H,14-21,24-29H2,1-8H3,(H,61,71)(H,62,72)(H,65,75)(H,66,76)/t39-,40-,41+,42+,47-,48-/m1/s1. The molecule has 81 heavy (non-hydrogen) atoms. The van der Waals surface area contributed by atoms with Gasteiger partial charge in [-0.2, -0.15) is 5.26 Å². The van der Waals surface area contributed by atoms with E-state index in [4.69, 9.17) is 20.8 Å². The monoisotopic (exact) mass is 1150 g/mol. The Morgan fingerprint density at radius 2 is 1.15 bits per heavy atom. The number of benzene rings is 2. The smallest absolute Gasteiger partial charge is 0.309 e. The number of nitrogens with zero attached hydrogens (tertiary/aromatic N) is 6. The number of carbonyl (C=O) groups excluding carboxylic acids is 6. The molecule has 6 atom stereocenters. The van der Waals surface area contributed by atoms with Crippen LogP contribution < -0.4 is 30.7 Å². The van der Waals surface area contributed by atoms with Crippen LogP contribution in [0.1, 0.15) is 103 Å². The third kappa shape index (κ3) is 13.8. The van der Waals surface area contributed by atoms with Gasteiger partial charge in [0, 0.05) is 63.0 Å². The van der Waals surface area contributed by atoms with Gasteiger partial charge in [-0.15, -0.1) is 22.7 Å². The number of amides is 6. The van der Waals surface area contributed by atoms with Crippen LogP contribution in [0.3, 0.4) is 0 Å². The Balaban J connectivity index is 0.885. The topological polar surface area (TPSA) is 279 Å². The van der Waals surface area contributed by atoms with Crippen LogP contribution in [0.5, 0.6) is 11.5 Å². The average molecular weight is 1150 g/mol. The molecule has 4 fully saturated rings. The molecule has 2 aliphatic carbocycles. The van der Waals surface area contributed by atoms with E-state index in [1.807, 2.05) is 50.2 Å². The first-order valence-electron chi connectivity index (χ1n) is 27.2. The molecule has 4 heterocycles. The number of aryl methyl sites for hydroxylation is 2. The molecule has 21 nitrogen and oxygen atoms in total. The third-order valence-electron chi connectivity index (χ3n) is 15.3. The minimum absolute atomic E-state index is 0.00101. The van der Waals surface area contributed by atoms with Gasteiger partial charge in [-0.3, -0.25) is 33.6 Å². The van der Waals surface area contributed by atoms with Gasteiger partial charge in [0.25, 0.3) is 0 Å². The van der Waals surface area contributed by atoms with Gasteiger partial charge in [0.2, 0.25) is 29.5 Å². The Kier molecular flexibility index (Phi) is 18.2. The first kappa shape index (κ1) is 60.1. The SMILES string of the molecule is [C-]#[N+]C1(C(=O)N[C@H](C(=O)N2C[C@H](O)C[C@H]2C(=O)NCc2ccc(-c3scnc3C)cc2OCCOCCOc2cc(-c3scnc3C)ccc2CNC(=O)[C@@H]2C[C@@H](O)CN2C(=O)[C@@H](NC(=O)C2(C#N)CC2)C(C)(C)C)C(C)(C)C)CC1. The van der Waals surface area contributed by atoms with Crippen molar-refractivity contribution in [1.82, 2.24) is 41.0 Å². The lowest BCUT2D eigenvalue weighted by Crippen LogP contribution is -2.59. The average Bonchev–Trinajstić information content (AvgIpc) is 4.24. The lowest BCUT2D eigenvalue weighted by atomic mass is 9.85. The second kappa shape index (κ2) is 24.6. The summed E-state index contributed by atoms with van der Waals surface area (Å²) in [6.45, 7) is 22.5. The molecule has 2 saturated heterocycles. The van der Waals surface area contributed by atoms with Crippen LogP contribution in [0.2, 0.25) is 0 Å². The van der Waals surface area contributed by atoms with Crippen molar-refractivity contribution in [2.75, 3.05) is 39.5 Å². The van der Waals surface area contributed by atoms with Gasteiger partial charge < -0.3 is 55.5 Å². The van der Waals surface area contributed by atoms with Crippen LogP contribution in [-0.4, -0.2) is 147 Å². The number of rotatable bonds is 22. The van der Waals surface area contributed by atoms with E-state index in [-0.39, 0.29) is 65.4 Å². The molecule has 6 amide bonds. The van der Waals surface area contributed by atoms with Gasteiger partial charge in [0.05, 0.1) is 63.7 Å². The van der Waals surface area contributed by atoms with Gasteiger partial charge in [-0.1, -0.05) is 65.8 Å². The number of ether oxygens (including phenoxy) is 3. The first-order valence-corrected chi connectivity index (χ1v) is 29.0. The number of hydrogen-bond donors (Lipinski definition) is 6. The van der Waals surface area contributed by atoms with Crippen molar-refractivity contribution in [2.45, 2.75) is 149 Å². The number of aliphatic hydroxyl groups excluding tert-OH is 2. The molecular weight excluding hydrogens is 1080 g/mol. The summed E-state index contributed by atoms with van der Waals surface area (Å²) in [5.74, 6) is -2.08. The number of β-amino-alcohol motifs (C(OH)–C–C–N with tert-alkyl or cyclic N) is 2. The lowest BCUT2D eigenvalue weighted by molar-refractivity contribution is -0.144. The summed E-state index contributed by atoms with van der Waals surface area (Å²) in [6.07, 6.45) is -0.293. The quantitative estimate of drug-likeness (QED) is 0.0447. The summed E-state index contributed by atoms with van der Waals surface area (Å²) in [7, 11) is 0. The Morgan fingerprint density at radius 1 is 0.716 bits per heavy atom. The lowest BCUT2D eigenvalue weighted by Gasteiger charge is -2.35. The van der Waals surface area contributed by atoms with E-state index in [9.17, 15) is 44.2 Å². The van der Waals surface area contributed by atoms with E-state index in [0.29, 0.717) is 48.3 Å². The fourth-order valence-corrected chi connectivity index (χ4v) is 11.6. The third-order valence-corrected chi connectivity index (χ3v) is 17.2. The van der Waals surface area contributed by atoms with Crippen LogP contribution in [0, 0.1) is 48.0 Å². The van der Waals surface area contributed by atoms with E-state index in [1.54, 1.807) is 52.6 Å². The van der Waals surface area contributed by atoms with Crippen molar-refractivity contribution >= 4 is 58.1 Å². The molecule has 0 spiro atoms. The van der Waals surface area contributed by atoms with Crippen LogP contribution in [0.15, 0.2) is 47.4 Å². The number of aliphatic hydroxyl groups is 2. The number of thiazole rings is 2. The number of nitriles is 1. The molecule has 2 saturated carbocycles. The van der Waals surface area contributed by atoms with Gasteiger partial charge in [0.15, 0.2) is 0 Å². The predicted octanol–water partition coefficient (Wildman–Crippen LogP) is 5.00. The Morgan fingerprint density at radius 3 is 1.51 bits per heavy atom. The van der Waals surface area contributed by atoms with Gasteiger partial charge in [-0.25, -0.2) is 16.5 Å². The summed E-state index contributed by atoms with van der Waals surface area (Å²) in [5, 5.41) is 42.6. The molecule has 2 aromatic heterocycles. The Bertz CT molecular complexity index is 2900. The van der Waals surface area contributed by atoms with Crippen molar-refractivity contribution in [3.8, 4) is 38.4 Å². The van der Waals surface area contributed by atoms with E-state index in [2.05, 4.69) is 42.1 Å². The minimum atomic E-state index is -1.17. The molecule has 4 aliphatic rings. The van der Waals surface area contributed by atoms with Gasteiger partial charge >= 0.3 is 11.4 Å². The molecule has 23 heteroatoms. The van der Waals surface area contributed by atoms with Crippen LogP contribution in [-0.2, 0) is 46.6 Å². The molecule has 0 radical (unpaired) electrons. The maximum Gasteiger partial charge on any atom is 0.309 e.